The number of sulfonamides is 1. The van der Waals surface area contributed by atoms with E-state index in [1.54, 1.807) is 18.2 Å². The molecule has 3 rings (SSSR count). The maximum atomic E-state index is 11.2. The molecule has 1 aliphatic rings. The smallest absolute Gasteiger partial charge is 0.271 e. The second-order valence-electron chi connectivity index (χ2n) is 4.05. The second kappa shape index (κ2) is 3.98. The molecule has 7 heteroatoms. The maximum Gasteiger partial charge on any atom is 0.271 e. The quantitative estimate of drug-likeness (QED) is 0.830. The highest BCUT2D eigenvalue weighted by atomic mass is 32.2. The van der Waals surface area contributed by atoms with Crippen LogP contribution in [0.2, 0.25) is 0 Å². The molecule has 1 aliphatic heterocycles. The van der Waals surface area contributed by atoms with Gasteiger partial charge in [-0.25, -0.2) is 13.6 Å². The van der Waals surface area contributed by atoms with Gasteiger partial charge in [0.25, 0.3) is 10.0 Å². The Kier molecular flexibility index (Phi) is 2.54. The number of benzene rings is 1. The molecule has 96 valence electrons. The van der Waals surface area contributed by atoms with E-state index in [1.807, 2.05) is 0 Å². The first-order chi connectivity index (χ1) is 8.54. The van der Waals surface area contributed by atoms with Crippen LogP contribution >= 0.6 is 0 Å². The molecule has 0 aliphatic carbocycles. The van der Waals surface area contributed by atoms with Gasteiger partial charge in [-0.05, 0) is 6.07 Å². The molecule has 1 atom stereocenters. The molecule has 0 amide bonds. The van der Waals surface area contributed by atoms with E-state index in [2.05, 4.69) is 0 Å². The van der Waals surface area contributed by atoms with Crippen LogP contribution in [0.15, 0.2) is 33.8 Å². The fraction of sp³-hybridized carbons (Fsp3) is 0.273. The van der Waals surface area contributed by atoms with E-state index in [-0.39, 0.29) is 11.2 Å². The summed E-state index contributed by atoms with van der Waals surface area (Å²) in [5.41, 5.74) is 0.377. The Bertz CT molecular complexity index is 687. The fourth-order valence-electron chi connectivity index (χ4n) is 1.61. The standard InChI is InChI=1S/C11H11NO5S/c12-18(13,14)10-4-7-2-1-3-9(11(7)17-10)16-6-8-5-15-8/h1-4,8H,5-6H2,(H2,12,13,14). The third kappa shape index (κ3) is 2.20. The van der Waals surface area contributed by atoms with Crippen molar-refractivity contribution in [2.24, 2.45) is 5.14 Å². The van der Waals surface area contributed by atoms with Gasteiger partial charge in [0.05, 0.1) is 6.61 Å². The summed E-state index contributed by atoms with van der Waals surface area (Å²) in [7, 11) is -3.85. The molecule has 1 unspecified atom stereocenters. The Morgan fingerprint density at radius 1 is 1.44 bits per heavy atom. The molecule has 0 radical (unpaired) electrons. The molecule has 0 saturated carbocycles. The van der Waals surface area contributed by atoms with Crippen molar-refractivity contribution in [3.8, 4) is 5.75 Å². The van der Waals surface area contributed by atoms with Gasteiger partial charge in [0.2, 0.25) is 5.09 Å². The molecule has 1 aromatic carbocycles. The van der Waals surface area contributed by atoms with Crippen LogP contribution in [0.3, 0.4) is 0 Å². The van der Waals surface area contributed by atoms with Crippen LogP contribution in [-0.2, 0) is 14.8 Å². The minimum absolute atomic E-state index is 0.118. The van der Waals surface area contributed by atoms with Crippen LogP contribution in [0.4, 0.5) is 0 Å². The van der Waals surface area contributed by atoms with Crippen molar-refractivity contribution in [3.63, 3.8) is 0 Å². The Labute approximate surface area is 103 Å². The van der Waals surface area contributed by atoms with Gasteiger partial charge in [0.15, 0.2) is 11.3 Å². The fourth-order valence-corrected chi connectivity index (χ4v) is 2.10. The van der Waals surface area contributed by atoms with E-state index in [0.717, 1.165) is 0 Å². The molecule has 1 aromatic heterocycles. The molecule has 6 nitrogen and oxygen atoms in total. The normalized spacial score (nSPS) is 19.1. The van der Waals surface area contributed by atoms with Crippen LogP contribution in [0, 0.1) is 0 Å². The highest BCUT2D eigenvalue weighted by Gasteiger charge is 2.24. The summed E-state index contributed by atoms with van der Waals surface area (Å²) in [6.45, 7) is 1.11. The molecule has 1 fully saturated rings. The van der Waals surface area contributed by atoms with Gasteiger partial charge >= 0.3 is 0 Å². The number of fused-ring (bicyclic) bond motifs is 1. The van der Waals surface area contributed by atoms with Crippen LogP contribution in [0.25, 0.3) is 11.0 Å². The van der Waals surface area contributed by atoms with Crippen molar-refractivity contribution >= 4 is 21.0 Å². The van der Waals surface area contributed by atoms with Gasteiger partial charge in [-0.2, -0.15) is 0 Å². The molecule has 1 saturated heterocycles. The molecular weight excluding hydrogens is 258 g/mol. The average Bonchev–Trinajstić information content (AvgIpc) is 3.01. The predicted molar refractivity (Wildman–Crippen MR) is 62.8 cm³/mol. The Morgan fingerprint density at radius 2 is 2.22 bits per heavy atom. The second-order valence-corrected chi connectivity index (χ2v) is 5.54. The van der Waals surface area contributed by atoms with Crippen LogP contribution < -0.4 is 9.88 Å². The van der Waals surface area contributed by atoms with E-state index < -0.39 is 10.0 Å². The van der Waals surface area contributed by atoms with E-state index in [9.17, 15) is 8.42 Å². The van der Waals surface area contributed by atoms with Gasteiger partial charge in [-0.15, -0.1) is 0 Å². The first kappa shape index (κ1) is 11.5. The number of para-hydroxylation sites is 1. The van der Waals surface area contributed by atoms with Crippen molar-refractivity contribution < 1.29 is 22.3 Å². The van der Waals surface area contributed by atoms with Crippen molar-refractivity contribution in [2.75, 3.05) is 13.2 Å². The summed E-state index contributed by atoms with van der Waals surface area (Å²) in [5.74, 6) is 0.484. The number of furan rings is 1. The lowest BCUT2D eigenvalue weighted by Gasteiger charge is -2.03. The topological polar surface area (TPSA) is 95.1 Å². The van der Waals surface area contributed by atoms with Crippen LogP contribution in [-0.4, -0.2) is 27.7 Å². The first-order valence-electron chi connectivity index (χ1n) is 5.34. The van der Waals surface area contributed by atoms with E-state index in [4.69, 9.17) is 19.0 Å². The molecule has 18 heavy (non-hydrogen) atoms. The maximum absolute atomic E-state index is 11.2. The summed E-state index contributed by atoms with van der Waals surface area (Å²) in [4.78, 5) is 0. The molecular formula is C11H11NO5S. The minimum atomic E-state index is -3.85. The highest BCUT2D eigenvalue weighted by molar-refractivity contribution is 7.89. The highest BCUT2D eigenvalue weighted by Crippen LogP contribution is 2.30. The van der Waals surface area contributed by atoms with Gasteiger partial charge in [-0.3, -0.25) is 0 Å². The SMILES string of the molecule is NS(=O)(=O)c1cc2cccc(OCC3CO3)c2o1. The Morgan fingerprint density at radius 3 is 2.89 bits per heavy atom. The van der Waals surface area contributed by atoms with Gasteiger partial charge in [0, 0.05) is 11.5 Å². The minimum Gasteiger partial charge on any atom is -0.487 e. The number of primary sulfonamides is 1. The number of rotatable bonds is 4. The summed E-state index contributed by atoms with van der Waals surface area (Å²) < 4.78 is 38.2. The monoisotopic (exact) mass is 269 g/mol. The molecule has 2 aromatic rings. The predicted octanol–water partition coefficient (Wildman–Crippen LogP) is 0.858. The van der Waals surface area contributed by atoms with E-state index in [0.29, 0.717) is 29.9 Å². The zero-order valence-corrected chi connectivity index (χ0v) is 10.1. The summed E-state index contributed by atoms with van der Waals surface area (Å²) in [6, 6.07) is 6.58. The number of ether oxygens (including phenoxy) is 2. The Hall–Kier alpha value is -1.57. The summed E-state index contributed by atoms with van der Waals surface area (Å²) in [6.07, 6.45) is 0.118. The van der Waals surface area contributed by atoms with Crippen molar-refractivity contribution in [2.45, 2.75) is 11.2 Å². The van der Waals surface area contributed by atoms with Gasteiger partial charge in [-0.1, -0.05) is 12.1 Å². The first-order valence-corrected chi connectivity index (χ1v) is 6.88. The zero-order chi connectivity index (χ0) is 12.8. The third-order valence-electron chi connectivity index (χ3n) is 2.59. The Balaban J connectivity index is 2.00. The van der Waals surface area contributed by atoms with Crippen LogP contribution in [0.5, 0.6) is 5.75 Å². The van der Waals surface area contributed by atoms with E-state index in [1.165, 1.54) is 6.07 Å². The van der Waals surface area contributed by atoms with Crippen molar-refractivity contribution in [1.82, 2.24) is 0 Å². The molecule has 0 spiro atoms. The summed E-state index contributed by atoms with van der Waals surface area (Å²) >= 11 is 0. The number of nitrogens with two attached hydrogens (primary N) is 1. The lowest BCUT2D eigenvalue weighted by Crippen LogP contribution is -2.10. The third-order valence-corrected chi connectivity index (χ3v) is 3.35. The number of hydrogen-bond donors (Lipinski definition) is 1. The number of epoxide rings is 1. The zero-order valence-electron chi connectivity index (χ0n) is 9.33. The molecule has 2 N–H and O–H groups in total. The van der Waals surface area contributed by atoms with Gasteiger partial charge < -0.3 is 13.9 Å². The number of hydrogen-bond acceptors (Lipinski definition) is 5. The lowest BCUT2D eigenvalue weighted by molar-refractivity contribution is 0.262. The summed E-state index contributed by atoms with van der Waals surface area (Å²) in [5, 5.41) is 5.39. The molecule has 0 bridgehead atoms. The largest absolute Gasteiger partial charge is 0.487 e. The van der Waals surface area contributed by atoms with Crippen molar-refractivity contribution in [1.29, 1.82) is 0 Å². The van der Waals surface area contributed by atoms with E-state index >= 15 is 0 Å². The molecule has 2 heterocycles. The average molecular weight is 269 g/mol. The van der Waals surface area contributed by atoms with Gasteiger partial charge in [0.1, 0.15) is 12.7 Å². The lowest BCUT2D eigenvalue weighted by atomic mass is 10.2. The van der Waals surface area contributed by atoms with Crippen molar-refractivity contribution in [3.05, 3.63) is 24.3 Å². The van der Waals surface area contributed by atoms with Crippen LogP contribution in [0.1, 0.15) is 0 Å².